The Morgan fingerprint density at radius 2 is 1.74 bits per heavy atom. The summed E-state index contributed by atoms with van der Waals surface area (Å²) in [6.45, 7) is 0.893. The van der Waals surface area contributed by atoms with Gasteiger partial charge in [-0.15, -0.1) is 0 Å². The first-order valence-electron chi connectivity index (χ1n) is 8.10. The maximum absolute atomic E-state index is 12.6. The van der Waals surface area contributed by atoms with Crippen molar-refractivity contribution in [2.75, 3.05) is 6.54 Å². The van der Waals surface area contributed by atoms with Gasteiger partial charge in [-0.3, -0.25) is 9.59 Å². The fraction of sp³-hybridized carbons (Fsp3) is 0.875. The maximum atomic E-state index is 12.6. The van der Waals surface area contributed by atoms with Crippen molar-refractivity contribution in [2.45, 2.75) is 70.3 Å². The first-order chi connectivity index (χ1) is 9.27. The molecule has 0 radical (unpaired) electrons. The summed E-state index contributed by atoms with van der Waals surface area (Å²) in [6, 6.07) is 0.231. The lowest BCUT2D eigenvalue weighted by molar-refractivity contribution is -0.145. The van der Waals surface area contributed by atoms with E-state index in [1.165, 1.54) is 19.3 Å². The van der Waals surface area contributed by atoms with Crippen LogP contribution in [0.25, 0.3) is 0 Å². The molecular formula is C16H25NO2. The van der Waals surface area contributed by atoms with Crippen molar-refractivity contribution < 1.29 is 9.59 Å². The molecule has 2 atom stereocenters. The van der Waals surface area contributed by atoms with Crippen LogP contribution in [0.15, 0.2) is 0 Å². The highest BCUT2D eigenvalue weighted by Gasteiger charge is 2.40. The minimum absolute atomic E-state index is 0.151. The van der Waals surface area contributed by atoms with E-state index in [2.05, 4.69) is 4.90 Å². The Hall–Kier alpha value is -0.860. The van der Waals surface area contributed by atoms with Crippen LogP contribution in [0, 0.1) is 11.8 Å². The molecule has 3 fully saturated rings. The number of carbonyl (C=O) groups excluding carboxylic acids is 2. The number of ketones is 1. The van der Waals surface area contributed by atoms with E-state index in [9.17, 15) is 9.59 Å². The Kier molecular flexibility index (Phi) is 3.90. The van der Waals surface area contributed by atoms with Gasteiger partial charge in [0.05, 0.1) is 0 Å². The van der Waals surface area contributed by atoms with Gasteiger partial charge in [-0.25, -0.2) is 0 Å². The summed E-state index contributed by atoms with van der Waals surface area (Å²) >= 11 is 0. The normalized spacial score (nSPS) is 33.1. The number of hydrogen-bond donors (Lipinski definition) is 0. The third-order valence-corrected chi connectivity index (χ3v) is 5.35. The molecule has 0 aromatic heterocycles. The van der Waals surface area contributed by atoms with E-state index in [1.54, 1.807) is 0 Å². The van der Waals surface area contributed by atoms with Gasteiger partial charge >= 0.3 is 0 Å². The van der Waals surface area contributed by atoms with E-state index in [0.29, 0.717) is 11.7 Å². The van der Waals surface area contributed by atoms with Crippen LogP contribution in [0.3, 0.4) is 0 Å². The van der Waals surface area contributed by atoms with Crippen molar-refractivity contribution in [1.29, 1.82) is 0 Å². The Bertz CT molecular complexity index is 362. The first-order valence-corrected chi connectivity index (χ1v) is 8.10. The Balaban J connectivity index is 1.72. The number of nitrogens with zero attached hydrogens (tertiary/aromatic N) is 1. The number of Topliss-reactive ketones (excluding diaryl/α,β-unsaturated/α-hetero) is 1. The van der Waals surface area contributed by atoms with Crippen molar-refractivity contribution in [1.82, 2.24) is 4.90 Å². The largest absolute Gasteiger partial charge is 0.339 e. The van der Waals surface area contributed by atoms with Crippen LogP contribution in [-0.2, 0) is 9.59 Å². The maximum Gasteiger partial charge on any atom is 0.225 e. The van der Waals surface area contributed by atoms with Crippen LogP contribution in [0.5, 0.6) is 0 Å². The molecule has 1 amide bonds. The molecular weight excluding hydrogens is 238 g/mol. The molecule has 2 saturated carbocycles. The van der Waals surface area contributed by atoms with E-state index < -0.39 is 0 Å². The van der Waals surface area contributed by atoms with Crippen LogP contribution < -0.4 is 0 Å². The monoisotopic (exact) mass is 263 g/mol. The molecule has 2 aliphatic carbocycles. The molecule has 3 rings (SSSR count). The molecule has 3 aliphatic rings. The minimum Gasteiger partial charge on any atom is -0.339 e. The Labute approximate surface area is 115 Å². The summed E-state index contributed by atoms with van der Waals surface area (Å²) < 4.78 is 0. The SMILES string of the molecule is O=C1CCCCC1C1CCCCN1C(=O)C1CCC1. The molecule has 3 nitrogen and oxygen atoms in total. The standard InChI is InChI=1S/C16H25NO2/c18-15-10-2-1-8-13(15)14-9-3-4-11-17(14)16(19)12-6-5-7-12/h12-14H,1-11H2. The lowest BCUT2D eigenvalue weighted by Gasteiger charge is -2.43. The van der Waals surface area contributed by atoms with Crippen molar-refractivity contribution in [2.24, 2.45) is 11.8 Å². The van der Waals surface area contributed by atoms with E-state index in [0.717, 1.165) is 51.5 Å². The second kappa shape index (κ2) is 5.64. The lowest BCUT2D eigenvalue weighted by Crippen LogP contribution is -2.52. The average molecular weight is 263 g/mol. The second-order valence-corrected chi connectivity index (χ2v) is 6.54. The molecule has 0 spiro atoms. The zero-order valence-electron chi connectivity index (χ0n) is 11.8. The predicted molar refractivity (Wildman–Crippen MR) is 73.7 cm³/mol. The summed E-state index contributed by atoms with van der Waals surface area (Å²) in [6.07, 6.45) is 10.7. The number of hydrogen-bond acceptors (Lipinski definition) is 2. The van der Waals surface area contributed by atoms with Crippen molar-refractivity contribution in [3.63, 3.8) is 0 Å². The van der Waals surface area contributed by atoms with Crippen LogP contribution in [0.1, 0.15) is 64.2 Å². The summed E-state index contributed by atoms with van der Waals surface area (Å²) in [4.78, 5) is 26.8. The summed E-state index contributed by atoms with van der Waals surface area (Å²) in [5, 5.41) is 0. The zero-order chi connectivity index (χ0) is 13.2. The van der Waals surface area contributed by atoms with Crippen LogP contribution in [-0.4, -0.2) is 29.2 Å². The summed E-state index contributed by atoms with van der Waals surface area (Å²) in [7, 11) is 0. The van der Waals surface area contributed by atoms with Crippen LogP contribution in [0.4, 0.5) is 0 Å². The molecule has 2 unspecified atom stereocenters. The van der Waals surface area contributed by atoms with E-state index in [-0.39, 0.29) is 17.9 Å². The number of carbonyl (C=O) groups is 2. The van der Waals surface area contributed by atoms with E-state index >= 15 is 0 Å². The molecule has 0 bridgehead atoms. The third kappa shape index (κ3) is 2.56. The van der Waals surface area contributed by atoms with Crippen LogP contribution in [0.2, 0.25) is 0 Å². The van der Waals surface area contributed by atoms with Gasteiger partial charge in [0.1, 0.15) is 5.78 Å². The zero-order valence-corrected chi connectivity index (χ0v) is 11.8. The van der Waals surface area contributed by atoms with Gasteiger partial charge in [-0.1, -0.05) is 12.8 Å². The smallest absolute Gasteiger partial charge is 0.225 e. The van der Waals surface area contributed by atoms with Gasteiger partial charge in [-0.05, 0) is 44.9 Å². The fourth-order valence-electron chi connectivity index (χ4n) is 3.96. The molecule has 106 valence electrons. The average Bonchev–Trinajstić information content (AvgIpc) is 2.37. The quantitative estimate of drug-likeness (QED) is 0.768. The summed E-state index contributed by atoms with van der Waals surface area (Å²) in [5.74, 6) is 1.20. The van der Waals surface area contributed by atoms with Crippen molar-refractivity contribution >= 4 is 11.7 Å². The fourth-order valence-corrected chi connectivity index (χ4v) is 3.96. The summed E-state index contributed by atoms with van der Waals surface area (Å²) in [5.41, 5.74) is 0. The lowest BCUT2D eigenvalue weighted by atomic mass is 9.77. The highest BCUT2D eigenvalue weighted by molar-refractivity contribution is 5.84. The minimum atomic E-state index is 0.151. The molecule has 1 saturated heterocycles. The predicted octanol–water partition coefficient (Wildman–Crippen LogP) is 2.93. The van der Waals surface area contributed by atoms with Gasteiger partial charge in [0.2, 0.25) is 5.91 Å². The second-order valence-electron chi connectivity index (χ2n) is 6.54. The Morgan fingerprint density at radius 3 is 2.42 bits per heavy atom. The van der Waals surface area contributed by atoms with E-state index in [4.69, 9.17) is 0 Å². The van der Waals surface area contributed by atoms with Gasteiger partial charge in [0.25, 0.3) is 0 Å². The van der Waals surface area contributed by atoms with Crippen LogP contribution >= 0.6 is 0 Å². The highest BCUT2D eigenvalue weighted by atomic mass is 16.2. The van der Waals surface area contributed by atoms with Gasteiger partial charge < -0.3 is 4.90 Å². The number of likely N-dealkylation sites (tertiary alicyclic amines) is 1. The Morgan fingerprint density at radius 1 is 0.947 bits per heavy atom. The molecule has 0 aromatic rings. The number of piperidine rings is 1. The third-order valence-electron chi connectivity index (χ3n) is 5.35. The molecule has 0 N–H and O–H groups in total. The van der Waals surface area contributed by atoms with Gasteiger partial charge in [0, 0.05) is 30.8 Å². The molecule has 19 heavy (non-hydrogen) atoms. The van der Waals surface area contributed by atoms with Crippen molar-refractivity contribution in [3.8, 4) is 0 Å². The topological polar surface area (TPSA) is 37.4 Å². The van der Waals surface area contributed by atoms with Gasteiger partial charge in [0.15, 0.2) is 0 Å². The first kappa shape index (κ1) is 13.1. The molecule has 1 heterocycles. The van der Waals surface area contributed by atoms with Crippen molar-refractivity contribution in [3.05, 3.63) is 0 Å². The van der Waals surface area contributed by atoms with Gasteiger partial charge in [-0.2, -0.15) is 0 Å². The number of rotatable bonds is 2. The molecule has 1 aliphatic heterocycles. The highest BCUT2D eigenvalue weighted by Crippen LogP contribution is 2.35. The van der Waals surface area contributed by atoms with E-state index in [1.807, 2.05) is 0 Å². The number of amides is 1. The molecule has 3 heteroatoms. The molecule has 0 aromatic carbocycles.